The maximum atomic E-state index is 13.6. The zero-order valence-electron chi connectivity index (χ0n) is 19.6. The second kappa shape index (κ2) is 10.4. The predicted molar refractivity (Wildman–Crippen MR) is 141 cm³/mol. The molecule has 0 saturated carbocycles. The summed E-state index contributed by atoms with van der Waals surface area (Å²) in [6.07, 6.45) is 1.89. The van der Waals surface area contributed by atoms with Crippen molar-refractivity contribution in [2.24, 2.45) is 0 Å². The molecule has 0 spiro atoms. The number of halogens is 3. The topological polar surface area (TPSA) is 35.0 Å². The van der Waals surface area contributed by atoms with Gasteiger partial charge in [0.2, 0.25) is 5.88 Å². The number of nitrogens with zero attached hydrogens (tertiary/aromatic N) is 2. The summed E-state index contributed by atoms with van der Waals surface area (Å²) >= 11 is 6.21. The van der Waals surface area contributed by atoms with Crippen LogP contribution < -0.4 is 4.74 Å². The molecule has 3 nitrogen and oxygen atoms in total. The Hall–Kier alpha value is -3.83. The van der Waals surface area contributed by atoms with E-state index in [2.05, 4.69) is 6.92 Å². The van der Waals surface area contributed by atoms with E-state index in [1.165, 1.54) is 24.3 Å². The minimum atomic E-state index is -0.322. The molecular formula is C30H23ClF2N2O. The van der Waals surface area contributed by atoms with Crippen LogP contribution in [0.3, 0.4) is 0 Å². The second-order valence-electron chi connectivity index (χ2n) is 8.52. The van der Waals surface area contributed by atoms with E-state index in [4.69, 9.17) is 26.3 Å². The molecule has 0 atom stereocenters. The number of hydrogen-bond acceptors (Lipinski definition) is 3. The largest absolute Gasteiger partial charge is 0.477 e. The van der Waals surface area contributed by atoms with Gasteiger partial charge in [-0.15, -0.1) is 0 Å². The molecule has 0 aliphatic heterocycles. The maximum Gasteiger partial charge on any atom is 0.221 e. The highest BCUT2D eigenvalue weighted by atomic mass is 35.5. The summed E-state index contributed by atoms with van der Waals surface area (Å²) in [6.45, 7) is 2.63. The van der Waals surface area contributed by atoms with Crippen molar-refractivity contribution < 1.29 is 13.5 Å². The van der Waals surface area contributed by atoms with Crippen LogP contribution in [0.1, 0.15) is 19.8 Å². The number of rotatable bonds is 7. The molecule has 2 aromatic heterocycles. The van der Waals surface area contributed by atoms with Crippen molar-refractivity contribution >= 4 is 22.5 Å². The zero-order chi connectivity index (χ0) is 25.1. The molecule has 6 heteroatoms. The third-order valence-corrected chi connectivity index (χ3v) is 6.13. The van der Waals surface area contributed by atoms with Crippen LogP contribution in [-0.4, -0.2) is 16.6 Å². The van der Waals surface area contributed by atoms with Gasteiger partial charge in [-0.3, -0.25) is 0 Å². The van der Waals surface area contributed by atoms with Crippen LogP contribution in [0, 0.1) is 11.6 Å². The lowest BCUT2D eigenvalue weighted by atomic mass is 9.99. The molecule has 180 valence electrons. The SMILES string of the molecule is CCCCOc1nc2cc(Cl)ccc2cc1-c1cc(-c2ccc(F)cc2)nc(-c2ccc(F)cc2)c1. The van der Waals surface area contributed by atoms with E-state index in [1.807, 2.05) is 36.4 Å². The fraction of sp³-hybridized carbons (Fsp3) is 0.133. The fourth-order valence-corrected chi connectivity index (χ4v) is 4.14. The lowest BCUT2D eigenvalue weighted by Gasteiger charge is -2.15. The second-order valence-corrected chi connectivity index (χ2v) is 8.96. The van der Waals surface area contributed by atoms with Gasteiger partial charge in [-0.2, -0.15) is 0 Å². The number of benzene rings is 3. The van der Waals surface area contributed by atoms with Crippen LogP contribution in [0.4, 0.5) is 8.78 Å². The van der Waals surface area contributed by atoms with Gasteiger partial charge in [0.25, 0.3) is 0 Å². The Bertz CT molecular complexity index is 1460. The summed E-state index contributed by atoms with van der Waals surface area (Å²) < 4.78 is 33.4. The lowest BCUT2D eigenvalue weighted by molar-refractivity contribution is 0.300. The van der Waals surface area contributed by atoms with Gasteiger partial charge in [0, 0.05) is 27.1 Å². The Kier molecular flexibility index (Phi) is 6.92. The van der Waals surface area contributed by atoms with E-state index >= 15 is 0 Å². The molecule has 0 unspecified atom stereocenters. The molecule has 5 rings (SSSR count). The molecule has 5 aromatic rings. The first-order valence-electron chi connectivity index (χ1n) is 11.8. The minimum Gasteiger partial charge on any atom is -0.477 e. The fourth-order valence-electron chi connectivity index (χ4n) is 3.98. The van der Waals surface area contributed by atoms with Crippen LogP contribution in [0.5, 0.6) is 5.88 Å². The zero-order valence-corrected chi connectivity index (χ0v) is 20.4. The predicted octanol–water partition coefficient (Wildman–Crippen LogP) is 8.74. The molecule has 0 N–H and O–H groups in total. The van der Waals surface area contributed by atoms with E-state index < -0.39 is 0 Å². The quantitative estimate of drug-likeness (QED) is 0.209. The molecular weight excluding hydrogens is 478 g/mol. The highest BCUT2D eigenvalue weighted by molar-refractivity contribution is 6.31. The van der Waals surface area contributed by atoms with Gasteiger partial charge >= 0.3 is 0 Å². The van der Waals surface area contributed by atoms with Crippen molar-refractivity contribution in [2.45, 2.75) is 19.8 Å². The molecule has 0 saturated heterocycles. The summed E-state index contributed by atoms with van der Waals surface area (Å²) in [6, 6.07) is 23.8. The number of aromatic nitrogens is 2. The van der Waals surface area contributed by atoms with Crippen LogP contribution in [-0.2, 0) is 0 Å². The van der Waals surface area contributed by atoms with Gasteiger partial charge < -0.3 is 4.74 Å². The van der Waals surface area contributed by atoms with Gasteiger partial charge in [0.05, 0.1) is 23.5 Å². The summed E-state index contributed by atoms with van der Waals surface area (Å²) in [7, 11) is 0. The molecule has 36 heavy (non-hydrogen) atoms. The number of fused-ring (bicyclic) bond motifs is 1. The van der Waals surface area contributed by atoms with Crippen molar-refractivity contribution in [3.05, 3.63) is 102 Å². The molecule has 0 amide bonds. The van der Waals surface area contributed by atoms with Gasteiger partial charge in [-0.05, 0) is 90.8 Å². The Morgan fingerprint density at radius 2 is 1.33 bits per heavy atom. The third kappa shape index (κ3) is 5.21. The first-order valence-corrected chi connectivity index (χ1v) is 12.2. The normalized spacial score (nSPS) is 11.1. The smallest absolute Gasteiger partial charge is 0.221 e. The first kappa shape index (κ1) is 23.9. The monoisotopic (exact) mass is 500 g/mol. The van der Waals surface area contributed by atoms with Crippen molar-refractivity contribution in [3.63, 3.8) is 0 Å². The average Bonchev–Trinajstić information content (AvgIpc) is 2.89. The van der Waals surface area contributed by atoms with E-state index in [-0.39, 0.29) is 11.6 Å². The maximum absolute atomic E-state index is 13.6. The Morgan fingerprint density at radius 1 is 0.722 bits per heavy atom. The number of pyridine rings is 2. The third-order valence-electron chi connectivity index (χ3n) is 5.90. The van der Waals surface area contributed by atoms with Gasteiger partial charge in [-0.1, -0.05) is 31.0 Å². The standard InChI is InChI=1S/C30H23ClF2N2O/c1-2-3-14-36-30-26(15-21-4-9-23(31)18-29(21)35-30)22-16-27(19-5-10-24(32)11-6-19)34-28(17-22)20-7-12-25(33)13-8-20/h4-13,15-18H,2-3,14H2,1H3. The molecule has 0 aliphatic carbocycles. The highest BCUT2D eigenvalue weighted by Crippen LogP contribution is 2.36. The van der Waals surface area contributed by atoms with E-state index in [1.54, 1.807) is 24.3 Å². The van der Waals surface area contributed by atoms with Gasteiger partial charge in [0.15, 0.2) is 0 Å². The van der Waals surface area contributed by atoms with Crippen LogP contribution >= 0.6 is 11.6 Å². The van der Waals surface area contributed by atoms with Gasteiger partial charge in [0.1, 0.15) is 11.6 Å². The summed E-state index contributed by atoms with van der Waals surface area (Å²) in [5, 5.41) is 1.52. The Balaban J connectivity index is 1.72. The minimum absolute atomic E-state index is 0.322. The number of ether oxygens (including phenoxy) is 1. The van der Waals surface area contributed by atoms with Crippen molar-refractivity contribution in [3.8, 4) is 39.5 Å². The summed E-state index contributed by atoms with van der Waals surface area (Å²) in [4.78, 5) is 9.60. The van der Waals surface area contributed by atoms with Crippen LogP contribution in [0.25, 0.3) is 44.5 Å². The molecule has 3 aromatic carbocycles. The van der Waals surface area contributed by atoms with E-state index in [0.29, 0.717) is 28.9 Å². The molecule has 0 radical (unpaired) electrons. The average molecular weight is 501 g/mol. The molecule has 0 aliphatic rings. The molecule has 2 heterocycles. The first-order chi connectivity index (χ1) is 17.5. The van der Waals surface area contributed by atoms with E-state index in [0.717, 1.165) is 46.0 Å². The Labute approximate surface area is 213 Å². The molecule has 0 fully saturated rings. The number of hydrogen-bond donors (Lipinski definition) is 0. The van der Waals surface area contributed by atoms with E-state index in [9.17, 15) is 8.78 Å². The van der Waals surface area contributed by atoms with Crippen molar-refractivity contribution in [1.82, 2.24) is 9.97 Å². The van der Waals surface area contributed by atoms with Crippen LogP contribution in [0.15, 0.2) is 84.9 Å². The van der Waals surface area contributed by atoms with Crippen LogP contribution in [0.2, 0.25) is 5.02 Å². The highest BCUT2D eigenvalue weighted by Gasteiger charge is 2.15. The Morgan fingerprint density at radius 3 is 1.92 bits per heavy atom. The number of unbranched alkanes of at least 4 members (excludes halogenated alkanes) is 1. The molecule has 0 bridgehead atoms. The lowest BCUT2D eigenvalue weighted by Crippen LogP contribution is -2.01. The van der Waals surface area contributed by atoms with Crippen molar-refractivity contribution in [2.75, 3.05) is 6.61 Å². The van der Waals surface area contributed by atoms with Gasteiger partial charge in [-0.25, -0.2) is 18.7 Å². The van der Waals surface area contributed by atoms with Crippen molar-refractivity contribution in [1.29, 1.82) is 0 Å². The summed E-state index contributed by atoms with van der Waals surface area (Å²) in [5.41, 5.74) is 5.20. The summed E-state index contributed by atoms with van der Waals surface area (Å²) in [5.74, 6) is -0.144.